The first-order valence-electron chi connectivity index (χ1n) is 7.49. The highest BCUT2D eigenvalue weighted by molar-refractivity contribution is 7.86. The molecule has 0 spiro atoms. The van der Waals surface area contributed by atoms with E-state index in [1.807, 2.05) is 30.3 Å². The number of nitrogens with zero attached hydrogens (tertiary/aromatic N) is 2. The zero-order valence-electron chi connectivity index (χ0n) is 11.7. The van der Waals surface area contributed by atoms with Crippen molar-refractivity contribution in [3.63, 3.8) is 0 Å². The highest BCUT2D eigenvalue weighted by Gasteiger charge is 2.40. The molecule has 110 valence electrons. The predicted molar refractivity (Wildman–Crippen MR) is 79.4 cm³/mol. The molecule has 1 aromatic carbocycles. The number of piperidine rings is 1. The molecule has 1 saturated carbocycles. The second-order valence-electron chi connectivity index (χ2n) is 5.73. The molecular weight excluding hydrogens is 272 g/mol. The molecule has 0 atom stereocenters. The summed E-state index contributed by atoms with van der Waals surface area (Å²) in [6.45, 7) is 1.87. The minimum atomic E-state index is -3.29. The van der Waals surface area contributed by atoms with Gasteiger partial charge in [-0.3, -0.25) is 0 Å². The van der Waals surface area contributed by atoms with E-state index in [0.717, 1.165) is 37.7 Å². The van der Waals surface area contributed by atoms with Gasteiger partial charge in [-0.25, -0.2) is 0 Å². The number of rotatable bonds is 5. The normalized spacial score (nSPS) is 21.2. The average Bonchev–Trinajstić information content (AvgIpc) is 3.31. The molecule has 20 heavy (non-hydrogen) atoms. The molecule has 0 N–H and O–H groups in total. The molecule has 5 heteroatoms. The first-order valence-corrected chi connectivity index (χ1v) is 8.88. The zero-order valence-corrected chi connectivity index (χ0v) is 12.6. The van der Waals surface area contributed by atoms with Crippen LogP contribution in [0.25, 0.3) is 0 Å². The van der Waals surface area contributed by atoms with Crippen molar-refractivity contribution in [1.29, 1.82) is 0 Å². The van der Waals surface area contributed by atoms with Crippen molar-refractivity contribution in [3.8, 4) is 0 Å². The van der Waals surface area contributed by atoms with Gasteiger partial charge in [-0.15, -0.1) is 0 Å². The molecule has 4 nitrogen and oxygen atoms in total. The van der Waals surface area contributed by atoms with Gasteiger partial charge in [0, 0.05) is 25.7 Å². The Labute approximate surface area is 121 Å². The molecule has 1 aliphatic heterocycles. The molecule has 1 aliphatic carbocycles. The monoisotopic (exact) mass is 294 g/mol. The molecule has 0 amide bonds. The van der Waals surface area contributed by atoms with E-state index in [4.69, 9.17) is 0 Å². The first kappa shape index (κ1) is 14.0. The van der Waals surface area contributed by atoms with E-state index in [2.05, 4.69) is 0 Å². The quantitative estimate of drug-likeness (QED) is 0.836. The van der Waals surface area contributed by atoms with Crippen LogP contribution < -0.4 is 0 Å². The summed E-state index contributed by atoms with van der Waals surface area (Å²) in [5.41, 5.74) is 1.07. The van der Waals surface area contributed by atoms with Crippen LogP contribution in [0.15, 0.2) is 30.3 Å². The maximum absolute atomic E-state index is 12.8. The van der Waals surface area contributed by atoms with E-state index in [-0.39, 0.29) is 6.04 Å². The number of hydrogen-bond donors (Lipinski definition) is 0. The lowest BCUT2D eigenvalue weighted by molar-refractivity contribution is 0.296. The standard InChI is InChI=1S/C15H22N2O2S/c18-20(19,16-11-5-2-6-12-16)17(15-9-10-15)13-14-7-3-1-4-8-14/h1,3-4,7-8,15H,2,5-6,9-13H2. The summed E-state index contributed by atoms with van der Waals surface area (Å²) in [6, 6.07) is 10.1. The molecule has 0 unspecified atom stereocenters. The van der Waals surface area contributed by atoms with Gasteiger partial charge < -0.3 is 0 Å². The van der Waals surface area contributed by atoms with E-state index in [9.17, 15) is 8.42 Å². The highest BCUT2D eigenvalue weighted by Crippen LogP contribution is 2.32. The fourth-order valence-corrected chi connectivity index (χ4v) is 4.68. The van der Waals surface area contributed by atoms with Gasteiger partial charge in [0.15, 0.2) is 0 Å². The van der Waals surface area contributed by atoms with Crippen molar-refractivity contribution >= 4 is 10.2 Å². The minimum absolute atomic E-state index is 0.210. The molecular formula is C15H22N2O2S. The largest absolute Gasteiger partial charge is 0.282 e. The number of hydrogen-bond acceptors (Lipinski definition) is 2. The fraction of sp³-hybridized carbons (Fsp3) is 0.600. The van der Waals surface area contributed by atoms with Gasteiger partial charge in [-0.05, 0) is 31.2 Å². The predicted octanol–water partition coefficient (Wildman–Crippen LogP) is 2.38. The Kier molecular flexibility index (Phi) is 4.10. The zero-order chi connectivity index (χ0) is 14.0. The Bertz CT molecular complexity index is 534. The van der Waals surface area contributed by atoms with Crippen molar-refractivity contribution in [3.05, 3.63) is 35.9 Å². The van der Waals surface area contributed by atoms with Crippen molar-refractivity contribution in [1.82, 2.24) is 8.61 Å². The van der Waals surface area contributed by atoms with Crippen LogP contribution in [0, 0.1) is 0 Å². The molecule has 0 aromatic heterocycles. The summed E-state index contributed by atoms with van der Waals surface area (Å²) in [7, 11) is -3.29. The van der Waals surface area contributed by atoms with Crippen LogP contribution in [0.2, 0.25) is 0 Å². The molecule has 0 bridgehead atoms. The molecule has 1 heterocycles. The second-order valence-corrected chi connectivity index (χ2v) is 7.61. The minimum Gasteiger partial charge on any atom is -0.195 e. The van der Waals surface area contributed by atoms with E-state index < -0.39 is 10.2 Å². The maximum atomic E-state index is 12.8. The Morgan fingerprint density at radius 2 is 1.70 bits per heavy atom. The summed E-state index contributed by atoms with van der Waals surface area (Å²) >= 11 is 0. The molecule has 1 saturated heterocycles. The molecule has 2 aliphatic rings. The van der Waals surface area contributed by atoms with Gasteiger partial charge >= 0.3 is 0 Å². The van der Waals surface area contributed by atoms with Gasteiger partial charge in [0.1, 0.15) is 0 Å². The van der Waals surface area contributed by atoms with E-state index >= 15 is 0 Å². The van der Waals surface area contributed by atoms with Crippen LogP contribution in [0.5, 0.6) is 0 Å². The van der Waals surface area contributed by atoms with Crippen LogP contribution >= 0.6 is 0 Å². The van der Waals surface area contributed by atoms with E-state index in [1.54, 1.807) is 8.61 Å². The highest BCUT2D eigenvalue weighted by atomic mass is 32.2. The first-order chi connectivity index (χ1) is 9.68. The van der Waals surface area contributed by atoms with Crippen molar-refractivity contribution < 1.29 is 8.42 Å². The smallest absolute Gasteiger partial charge is 0.195 e. The van der Waals surface area contributed by atoms with Crippen molar-refractivity contribution in [2.45, 2.75) is 44.7 Å². The summed E-state index contributed by atoms with van der Waals surface area (Å²) in [5.74, 6) is 0. The summed E-state index contributed by atoms with van der Waals surface area (Å²) in [4.78, 5) is 0. The lowest BCUT2D eigenvalue weighted by Gasteiger charge is -2.32. The van der Waals surface area contributed by atoms with E-state index in [0.29, 0.717) is 19.6 Å². The van der Waals surface area contributed by atoms with E-state index in [1.165, 1.54) is 0 Å². The Morgan fingerprint density at radius 1 is 1.05 bits per heavy atom. The van der Waals surface area contributed by atoms with Crippen LogP contribution in [0.3, 0.4) is 0 Å². The van der Waals surface area contributed by atoms with Crippen molar-refractivity contribution in [2.75, 3.05) is 13.1 Å². The van der Waals surface area contributed by atoms with Crippen molar-refractivity contribution in [2.24, 2.45) is 0 Å². The third kappa shape index (κ3) is 3.05. The van der Waals surface area contributed by atoms with Gasteiger partial charge in [-0.1, -0.05) is 36.8 Å². The third-order valence-corrected chi connectivity index (χ3v) is 6.11. The molecule has 0 radical (unpaired) electrons. The van der Waals surface area contributed by atoms with Gasteiger partial charge in [0.2, 0.25) is 0 Å². The van der Waals surface area contributed by atoms with Gasteiger partial charge in [0.05, 0.1) is 0 Å². The summed E-state index contributed by atoms with van der Waals surface area (Å²) in [6.07, 6.45) is 5.13. The Hall–Kier alpha value is -0.910. The third-order valence-electron chi connectivity index (χ3n) is 4.07. The fourth-order valence-electron chi connectivity index (χ4n) is 2.77. The average molecular weight is 294 g/mol. The van der Waals surface area contributed by atoms with Crippen LogP contribution in [-0.2, 0) is 16.8 Å². The molecule has 3 rings (SSSR count). The van der Waals surface area contributed by atoms with Gasteiger partial charge in [-0.2, -0.15) is 17.0 Å². The van der Waals surface area contributed by atoms with Crippen LogP contribution in [0.4, 0.5) is 0 Å². The SMILES string of the molecule is O=S(=O)(N1CCCCC1)N(Cc1ccccc1)C1CC1. The lowest BCUT2D eigenvalue weighted by atomic mass is 10.2. The Balaban J connectivity index is 1.79. The molecule has 1 aromatic rings. The molecule has 2 fully saturated rings. The maximum Gasteiger partial charge on any atom is 0.282 e. The Morgan fingerprint density at radius 3 is 2.30 bits per heavy atom. The summed E-state index contributed by atoms with van der Waals surface area (Å²) < 4.78 is 29.0. The topological polar surface area (TPSA) is 40.6 Å². The second kappa shape index (κ2) is 5.84. The van der Waals surface area contributed by atoms with Crippen LogP contribution in [-0.4, -0.2) is 36.2 Å². The van der Waals surface area contributed by atoms with Gasteiger partial charge in [0.25, 0.3) is 10.2 Å². The number of benzene rings is 1. The van der Waals surface area contributed by atoms with Crippen LogP contribution in [0.1, 0.15) is 37.7 Å². The summed E-state index contributed by atoms with van der Waals surface area (Å²) in [5, 5.41) is 0. The lowest BCUT2D eigenvalue weighted by Crippen LogP contribution is -2.46.